The number of benzene rings is 1. The molecule has 20 heavy (non-hydrogen) atoms. The Bertz CT molecular complexity index is 726. The van der Waals surface area contributed by atoms with E-state index in [1.165, 1.54) is 5.56 Å². The van der Waals surface area contributed by atoms with Crippen LogP contribution in [-0.4, -0.2) is 4.98 Å². The molecule has 1 aromatic carbocycles. The first kappa shape index (κ1) is 13.7. The second-order valence-electron chi connectivity index (χ2n) is 4.60. The molecule has 3 aromatic rings. The summed E-state index contributed by atoms with van der Waals surface area (Å²) in [6.07, 6.45) is 0.768. The largest absolute Gasteiger partial charge is 0.271 e. The summed E-state index contributed by atoms with van der Waals surface area (Å²) in [6, 6.07) is 14.5. The molecule has 0 saturated carbocycles. The summed E-state index contributed by atoms with van der Waals surface area (Å²) in [6.45, 7) is 0. The summed E-state index contributed by atoms with van der Waals surface area (Å²) >= 11 is 5.14. The standard InChI is InChI=1S/C15H14BrN3S/c16-15-7-11(9-20-15)14(19-17)8-12-6-5-10-3-1-2-4-13(10)18-12/h1-7,9,14,19H,8,17H2. The Kier molecular flexibility index (Phi) is 4.12. The van der Waals surface area contributed by atoms with E-state index in [1.807, 2.05) is 18.2 Å². The molecule has 102 valence electrons. The van der Waals surface area contributed by atoms with E-state index >= 15 is 0 Å². The number of thiophene rings is 1. The van der Waals surface area contributed by atoms with Crippen molar-refractivity contribution in [1.82, 2.24) is 10.4 Å². The van der Waals surface area contributed by atoms with Gasteiger partial charge < -0.3 is 0 Å². The Labute approximate surface area is 129 Å². The molecule has 2 aromatic heterocycles. The van der Waals surface area contributed by atoms with Crippen LogP contribution in [0.4, 0.5) is 0 Å². The Morgan fingerprint density at radius 3 is 2.85 bits per heavy atom. The van der Waals surface area contributed by atoms with Gasteiger partial charge in [0.25, 0.3) is 0 Å². The third kappa shape index (κ3) is 2.91. The first-order chi connectivity index (χ1) is 9.76. The van der Waals surface area contributed by atoms with Gasteiger partial charge in [0.1, 0.15) is 0 Å². The van der Waals surface area contributed by atoms with Gasteiger partial charge >= 0.3 is 0 Å². The minimum atomic E-state index is 0.0752. The van der Waals surface area contributed by atoms with Crippen molar-refractivity contribution in [3.8, 4) is 0 Å². The summed E-state index contributed by atoms with van der Waals surface area (Å²) in [4.78, 5) is 4.69. The van der Waals surface area contributed by atoms with Gasteiger partial charge in [0.2, 0.25) is 0 Å². The lowest BCUT2D eigenvalue weighted by molar-refractivity contribution is 0.548. The molecule has 0 saturated heterocycles. The average molecular weight is 348 g/mol. The summed E-state index contributed by atoms with van der Waals surface area (Å²) in [7, 11) is 0. The number of nitrogens with one attached hydrogen (secondary N) is 1. The summed E-state index contributed by atoms with van der Waals surface area (Å²) in [5, 5.41) is 3.27. The second kappa shape index (κ2) is 6.01. The van der Waals surface area contributed by atoms with Crippen molar-refractivity contribution in [2.24, 2.45) is 5.84 Å². The quantitative estimate of drug-likeness (QED) is 0.557. The van der Waals surface area contributed by atoms with Crippen molar-refractivity contribution >= 4 is 38.2 Å². The van der Waals surface area contributed by atoms with Gasteiger partial charge in [-0.25, -0.2) is 0 Å². The molecule has 1 atom stereocenters. The monoisotopic (exact) mass is 347 g/mol. The van der Waals surface area contributed by atoms with E-state index in [4.69, 9.17) is 10.8 Å². The summed E-state index contributed by atoms with van der Waals surface area (Å²) in [5.74, 6) is 5.69. The van der Waals surface area contributed by atoms with Crippen molar-refractivity contribution in [2.45, 2.75) is 12.5 Å². The van der Waals surface area contributed by atoms with Gasteiger partial charge in [0.05, 0.1) is 15.3 Å². The van der Waals surface area contributed by atoms with E-state index in [9.17, 15) is 0 Å². The van der Waals surface area contributed by atoms with Crippen molar-refractivity contribution in [1.29, 1.82) is 0 Å². The van der Waals surface area contributed by atoms with Gasteiger partial charge in [-0.2, -0.15) is 0 Å². The average Bonchev–Trinajstić information content (AvgIpc) is 2.91. The third-order valence-electron chi connectivity index (χ3n) is 3.26. The van der Waals surface area contributed by atoms with Crippen LogP contribution in [0.15, 0.2) is 51.6 Å². The Morgan fingerprint density at radius 1 is 1.25 bits per heavy atom. The molecule has 3 rings (SSSR count). The van der Waals surface area contributed by atoms with E-state index in [1.54, 1.807) is 11.3 Å². The summed E-state index contributed by atoms with van der Waals surface area (Å²) in [5.41, 5.74) is 6.11. The van der Waals surface area contributed by atoms with Gasteiger partial charge in [0.15, 0.2) is 0 Å². The molecule has 5 heteroatoms. The molecular weight excluding hydrogens is 334 g/mol. The number of para-hydroxylation sites is 1. The molecule has 3 nitrogen and oxygen atoms in total. The molecule has 2 heterocycles. The lowest BCUT2D eigenvalue weighted by Crippen LogP contribution is -2.29. The molecule has 0 spiro atoms. The topological polar surface area (TPSA) is 50.9 Å². The predicted octanol–water partition coefficient (Wildman–Crippen LogP) is 3.81. The predicted molar refractivity (Wildman–Crippen MR) is 87.5 cm³/mol. The van der Waals surface area contributed by atoms with Crippen LogP contribution in [0, 0.1) is 0 Å². The van der Waals surface area contributed by atoms with Crippen LogP contribution in [0.25, 0.3) is 10.9 Å². The van der Waals surface area contributed by atoms with E-state index < -0.39 is 0 Å². The highest BCUT2D eigenvalue weighted by Gasteiger charge is 2.13. The second-order valence-corrected chi connectivity index (χ2v) is 6.89. The molecule has 0 radical (unpaired) electrons. The highest BCUT2D eigenvalue weighted by atomic mass is 79.9. The minimum absolute atomic E-state index is 0.0752. The number of nitrogens with zero attached hydrogens (tertiary/aromatic N) is 1. The zero-order valence-electron chi connectivity index (χ0n) is 10.7. The zero-order valence-corrected chi connectivity index (χ0v) is 13.1. The van der Waals surface area contributed by atoms with Crippen LogP contribution in [0.2, 0.25) is 0 Å². The fourth-order valence-corrected chi connectivity index (χ4v) is 3.44. The van der Waals surface area contributed by atoms with Gasteiger partial charge in [0, 0.05) is 17.5 Å². The van der Waals surface area contributed by atoms with Gasteiger partial charge in [-0.3, -0.25) is 16.3 Å². The fourth-order valence-electron chi connectivity index (χ4n) is 2.21. The molecule has 0 bridgehead atoms. The fraction of sp³-hybridized carbons (Fsp3) is 0.133. The van der Waals surface area contributed by atoms with Crippen molar-refractivity contribution in [3.05, 3.63) is 62.9 Å². The first-order valence-electron chi connectivity index (χ1n) is 6.31. The van der Waals surface area contributed by atoms with Crippen LogP contribution in [0.1, 0.15) is 17.3 Å². The van der Waals surface area contributed by atoms with Gasteiger partial charge in [-0.05, 0) is 45.1 Å². The van der Waals surface area contributed by atoms with E-state index in [0.717, 1.165) is 26.8 Å². The summed E-state index contributed by atoms with van der Waals surface area (Å²) < 4.78 is 1.11. The molecule has 0 aliphatic heterocycles. The van der Waals surface area contributed by atoms with Crippen LogP contribution in [-0.2, 0) is 6.42 Å². The Hall–Kier alpha value is -1.27. The minimum Gasteiger partial charge on any atom is -0.271 e. The van der Waals surface area contributed by atoms with E-state index in [2.05, 4.69) is 51.0 Å². The number of fused-ring (bicyclic) bond motifs is 1. The van der Waals surface area contributed by atoms with Gasteiger partial charge in [-0.15, -0.1) is 11.3 Å². The molecule has 0 aliphatic carbocycles. The number of hydrogen-bond acceptors (Lipinski definition) is 4. The van der Waals surface area contributed by atoms with E-state index in [0.29, 0.717) is 0 Å². The van der Waals surface area contributed by atoms with Crippen LogP contribution in [0.3, 0.4) is 0 Å². The smallest absolute Gasteiger partial charge is 0.0705 e. The Balaban J connectivity index is 1.87. The molecule has 1 unspecified atom stereocenters. The van der Waals surface area contributed by atoms with Crippen LogP contribution in [0.5, 0.6) is 0 Å². The SMILES string of the molecule is NNC(Cc1ccc2ccccc2n1)c1csc(Br)c1. The number of nitrogens with two attached hydrogens (primary N) is 1. The normalized spacial score (nSPS) is 12.7. The maximum Gasteiger partial charge on any atom is 0.0705 e. The highest BCUT2D eigenvalue weighted by Crippen LogP contribution is 2.27. The van der Waals surface area contributed by atoms with Crippen LogP contribution < -0.4 is 11.3 Å². The highest BCUT2D eigenvalue weighted by molar-refractivity contribution is 9.11. The van der Waals surface area contributed by atoms with Crippen molar-refractivity contribution in [3.63, 3.8) is 0 Å². The molecule has 0 amide bonds. The third-order valence-corrected chi connectivity index (χ3v) is 4.78. The number of aromatic nitrogens is 1. The maximum atomic E-state index is 5.69. The van der Waals surface area contributed by atoms with Crippen LogP contribution >= 0.6 is 27.3 Å². The zero-order chi connectivity index (χ0) is 13.9. The van der Waals surface area contributed by atoms with Crippen molar-refractivity contribution < 1.29 is 0 Å². The maximum absolute atomic E-state index is 5.69. The number of hydrazine groups is 1. The first-order valence-corrected chi connectivity index (χ1v) is 7.98. The van der Waals surface area contributed by atoms with Gasteiger partial charge in [-0.1, -0.05) is 24.3 Å². The number of rotatable bonds is 4. The molecule has 0 aliphatic rings. The Morgan fingerprint density at radius 2 is 2.10 bits per heavy atom. The number of pyridine rings is 1. The molecule has 0 fully saturated rings. The number of halogens is 1. The lowest BCUT2D eigenvalue weighted by atomic mass is 10.0. The molecule has 3 N–H and O–H groups in total. The van der Waals surface area contributed by atoms with E-state index in [-0.39, 0.29) is 6.04 Å². The molecular formula is C15H14BrN3S. The lowest BCUT2D eigenvalue weighted by Gasteiger charge is -2.14. The van der Waals surface area contributed by atoms with Crippen molar-refractivity contribution in [2.75, 3.05) is 0 Å². The number of hydrogen-bond donors (Lipinski definition) is 2.